The molecule has 0 bridgehead atoms. The molecule has 2 amide bonds. The Balaban J connectivity index is 1.82. The Morgan fingerprint density at radius 1 is 0.958 bits per heavy atom. The minimum Gasteiger partial charge on any atom is -0.327 e. The van der Waals surface area contributed by atoms with E-state index in [0.29, 0.717) is 0 Å². The Labute approximate surface area is 141 Å². The Morgan fingerprint density at radius 3 is 2.17 bits per heavy atom. The van der Waals surface area contributed by atoms with Crippen LogP contribution in [0.2, 0.25) is 0 Å². The van der Waals surface area contributed by atoms with E-state index in [4.69, 9.17) is 0 Å². The molecular weight excluding hydrogens is 305 g/mol. The largest absolute Gasteiger partial charge is 0.327 e. The minimum absolute atomic E-state index is 0.0666. The summed E-state index contributed by atoms with van der Waals surface area (Å²) in [6.45, 7) is 1.58. The first-order valence-corrected chi connectivity index (χ1v) is 8.45. The van der Waals surface area contributed by atoms with Crippen molar-refractivity contribution in [2.45, 2.75) is 31.7 Å². The number of rotatable bonds is 3. The Bertz CT molecular complexity index is 652. The average Bonchev–Trinajstić information content (AvgIpc) is 2.91. The van der Waals surface area contributed by atoms with Crippen LogP contribution in [0.3, 0.4) is 0 Å². The summed E-state index contributed by atoms with van der Waals surface area (Å²) < 4.78 is 13.2. The van der Waals surface area contributed by atoms with Crippen LogP contribution in [-0.4, -0.2) is 29.0 Å². The molecule has 0 radical (unpaired) electrons. The number of aromatic nitrogens is 1. The lowest BCUT2D eigenvalue weighted by Gasteiger charge is -2.26. The van der Waals surface area contributed by atoms with E-state index in [-0.39, 0.29) is 17.9 Å². The molecule has 1 atom stereocenters. The van der Waals surface area contributed by atoms with Crippen molar-refractivity contribution >= 4 is 6.03 Å². The molecule has 1 aliphatic heterocycles. The summed E-state index contributed by atoms with van der Waals surface area (Å²) in [5.41, 5.74) is 1.78. The molecule has 1 aliphatic rings. The number of nitrogens with one attached hydrogen (secondary N) is 1. The van der Waals surface area contributed by atoms with Crippen molar-refractivity contribution in [1.82, 2.24) is 15.2 Å². The van der Waals surface area contributed by atoms with Gasteiger partial charge in [0.25, 0.3) is 0 Å². The molecule has 24 heavy (non-hydrogen) atoms. The van der Waals surface area contributed by atoms with Crippen LogP contribution >= 0.6 is 0 Å². The number of hydrogen-bond donors (Lipinski definition) is 1. The molecule has 1 N–H and O–H groups in total. The number of benzene rings is 1. The number of amides is 2. The molecule has 5 heteroatoms. The van der Waals surface area contributed by atoms with E-state index in [0.717, 1.165) is 37.1 Å². The number of carbonyl (C=O) groups excluding carboxylic acids is 1. The van der Waals surface area contributed by atoms with E-state index in [2.05, 4.69) is 10.3 Å². The van der Waals surface area contributed by atoms with Gasteiger partial charge in [0.1, 0.15) is 5.82 Å². The van der Waals surface area contributed by atoms with Crippen LogP contribution in [0.5, 0.6) is 0 Å². The fraction of sp³-hybridized carbons (Fsp3) is 0.368. The molecule has 4 nitrogen and oxygen atoms in total. The average molecular weight is 327 g/mol. The molecular formula is C19H22FN3O. The van der Waals surface area contributed by atoms with Crippen LogP contribution < -0.4 is 5.32 Å². The number of likely N-dealkylation sites (tertiary alicyclic amines) is 1. The summed E-state index contributed by atoms with van der Waals surface area (Å²) in [5.74, 6) is -0.286. The predicted molar refractivity (Wildman–Crippen MR) is 91.1 cm³/mol. The maximum Gasteiger partial charge on any atom is 0.318 e. The number of nitrogens with zero attached hydrogens (tertiary/aromatic N) is 2. The SMILES string of the molecule is O=C(N[C@@H](c1ccncc1)c1ccc(F)cc1)N1CCCCCC1. The summed E-state index contributed by atoms with van der Waals surface area (Å²) in [7, 11) is 0. The predicted octanol–water partition coefficient (Wildman–Crippen LogP) is 3.90. The quantitative estimate of drug-likeness (QED) is 0.929. The van der Waals surface area contributed by atoms with Gasteiger partial charge in [0.15, 0.2) is 0 Å². The number of carbonyl (C=O) groups is 1. The Morgan fingerprint density at radius 2 is 1.54 bits per heavy atom. The first kappa shape index (κ1) is 16.4. The third kappa shape index (κ3) is 4.10. The fourth-order valence-electron chi connectivity index (χ4n) is 3.06. The molecule has 1 aromatic carbocycles. The molecule has 0 saturated carbocycles. The molecule has 1 fully saturated rings. The van der Waals surface area contributed by atoms with Gasteiger partial charge in [0.05, 0.1) is 6.04 Å². The smallest absolute Gasteiger partial charge is 0.318 e. The van der Waals surface area contributed by atoms with Crippen molar-refractivity contribution in [2.75, 3.05) is 13.1 Å². The van der Waals surface area contributed by atoms with Gasteiger partial charge >= 0.3 is 6.03 Å². The summed E-state index contributed by atoms with van der Waals surface area (Å²) in [6.07, 6.45) is 7.84. The fourth-order valence-corrected chi connectivity index (χ4v) is 3.06. The van der Waals surface area contributed by atoms with Crippen molar-refractivity contribution in [3.8, 4) is 0 Å². The van der Waals surface area contributed by atoms with E-state index in [9.17, 15) is 9.18 Å². The lowest BCUT2D eigenvalue weighted by atomic mass is 10.00. The first-order chi connectivity index (χ1) is 11.7. The third-order valence-electron chi connectivity index (χ3n) is 4.40. The molecule has 1 aromatic heterocycles. The van der Waals surface area contributed by atoms with Crippen molar-refractivity contribution < 1.29 is 9.18 Å². The van der Waals surface area contributed by atoms with Crippen LogP contribution in [-0.2, 0) is 0 Å². The zero-order chi connectivity index (χ0) is 16.8. The molecule has 2 heterocycles. The van der Waals surface area contributed by atoms with Crippen LogP contribution in [0.25, 0.3) is 0 Å². The van der Waals surface area contributed by atoms with Crippen molar-refractivity contribution in [1.29, 1.82) is 0 Å². The second-order valence-electron chi connectivity index (χ2n) is 6.12. The first-order valence-electron chi connectivity index (χ1n) is 8.45. The summed E-state index contributed by atoms with van der Waals surface area (Å²) in [4.78, 5) is 18.6. The van der Waals surface area contributed by atoms with Gasteiger partial charge in [-0.2, -0.15) is 0 Å². The Kier molecular flexibility index (Phi) is 5.41. The van der Waals surface area contributed by atoms with Crippen molar-refractivity contribution in [3.05, 3.63) is 65.7 Å². The summed E-state index contributed by atoms with van der Waals surface area (Å²) in [5, 5.41) is 3.10. The lowest BCUT2D eigenvalue weighted by molar-refractivity contribution is 0.197. The second-order valence-corrected chi connectivity index (χ2v) is 6.12. The number of pyridine rings is 1. The molecule has 0 unspecified atom stereocenters. The number of urea groups is 1. The molecule has 0 spiro atoms. The summed E-state index contributed by atoms with van der Waals surface area (Å²) >= 11 is 0. The van der Waals surface area contributed by atoms with Gasteiger partial charge in [-0.3, -0.25) is 4.98 Å². The van der Waals surface area contributed by atoms with E-state index < -0.39 is 0 Å². The van der Waals surface area contributed by atoms with E-state index in [1.807, 2.05) is 17.0 Å². The highest BCUT2D eigenvalue weighted by Gasteiger charge is 2.21. The number of hydrogen-bond acceptors (Lipinski definition) is 2. The monoisotopic (exact) mass is 327 g/mol. The Hall–Kier alpha value is -2.43. The van der Waals surface area contributed by atoms with Gasteiger partial charge in [-0.05, 0) is 48.2 Å². The topological polar surface area (TPSA) is 45.2 Å². The maximum absolute atomic E-state index is 13.2. The zero-order valence-electron chi connectivity index (χ0n) is 13.6. The van der Waals surface area contributed by atoms with Gasteiger partial charge < -0.3 is 10.2 Å². The molecule has 3 rings (SSSR count). The van der Waals surface area contributed by atoms with Gasteiger partial charge in [0.2, 0.25) is 0 Å². The van der Waals surface area contributed by atoms with Crippen LogP contribution in [0.1, 0.15) is 42.9 Å². The van der Waals surface area contributed by atoms with Gasteiger partial charge in [-0.1, -0.05) is 25.0 Å². The second kappa shape index (κ2) is 7.90. The van der Waals surface area contributed by atoms with Crippen molar-refractivity contribution in [3.63, 3.8) is 0 Å². The summed E-state index contributed by atoms with van der Waals surface area (Å²) in [6, 6.07) is 9.62. The van der Waals surface area contributed by atoms with E-state index in [1.54, 1.807) is 24.5 Å². The highest BCUT2D eigenvalue weighted by atomic mass is 19.1. The molecule has 1 saturated heterocycles. The van der Waals surface area contributed by atoms with Gasteiger partial charge in [0, 0.05) is 25.5 Å². The van der Waals surface area contributed by atoms with Crippen LogP contribution in [0.4, 0.5) is 9.18 Å². The maximum atomic E-state index is 13.2. The van der Waals surface area contributed by atoms with Gasteiger partial charge in [-0.15, -0.1) is 0 Å². The molecule has 2 aromatic rings. The highest BCUT2D eigenvalue weighted by molar-refractivity contribution is 5.75. The van der Waals surface area contributed by atoms with Crippen LogP contribution in [0.15, 0.2) is 48.8 Å². The van der Waals surface area contributed by atoms with Crippen LogP contribution in [0, 0.1) is 5.82 Å². The molecule has 0 aliphatic carbocycles. The van der Waals surface area contributed by atoms with Crippen molar-refractivity contribution in [2.24, 2.45) is 0 Å². The standard InChI is InChI=1S/C19H22FN3O/c20-17-7-5-15(6-8-17)18(16-9-11-21-12-10-16)22-19(24)23-13-3-1-2-4-14-23/h5-12,18H,1-4,13-14H2,(H,22,24)/t18-/m1/s1. The molecule has 126 valence electrons. The highest BCUT2D eigenvalue weighted by Crippen LogP contribution is 2.22. The third-order valence-corrected chi connectivity index (χ3v) is 4.40. The van der Waals surface area contributed by atoms with Gasteiger partial charge in [-0.25, -0.2) is 9.18 Å². The number of halogens is 1. The van der Waals surface area contributed by atoms with E-state index in [1.165, 1.54) is 25.0 Å². The van der Waals surface area contributed by atoms with E-state index >= 15 is 0 Å². The zero-order valence-corrected chi connectivity index (χ0v) is 13.6. The normalized spacial score (nSPS) is 16.3. The minimum atomic E-state index is -0.315. The lowest BCUT2D eigenvalue weighted by Crippen LogP contribution is -2.42.